The van der Waals surface area contributed by atoms with Gasteiger partial charge in [-0.1, -0.05) is 19.8 Å². The third-order valence-electron chi connectivity index (χ3n) is 5.38. The van der Waals surface area contributed by atoms with Crippen molar-refractivity contribution in [1.82, 2.24) is 10.2 Å². The number of piperidine rings is 1. The van der Waals surface area contributed by atoms with Gasteiger partial charge in [0.05, 0.1) is 5.41 Å². The van der Waals surface area contributed by atoms with Crippen LogP contribution in [-0.4, -0.2) is 50.7 Å². The lowest BCUT2D eigenvalue weighted by Gasteiger charge is -2.38. The van der Waals surface area contributed by atoms with Crippen LogP contribution >= 0.6 is 12.4 Å². The number of ether oxygens (including phenoxy) is 1. The van der Waals surface area contributed by atoms with Crippen LogP contribution in [0.4, 0.5) is 0 Å². The molecule has 1 N–H and O–H groups in total. The Bertz CT molecular complexity index is 325. The second kappa shape index (κ2) is 9.74. The van der Waals surface area contributed by atoms with E-state index in [9.17, 15) is 4.79 Å². The smallest absolute Gasteiger partial charge is 0.228 e. The van der Waals surface area contributed by atoms with E-state index < -0.39 is 0 Å². The van der Waals surface area contributed by atoms with Crippen molar-refractivity contribution >= 4 is 18.3 Å². The van der Waals surface area contributed by atoms with Crippen LogP contribution in [0.2, 0.25) is 0 Å². The fourth-order valence-corrected chi connectivity index (χ4v) is 3.94. The number of nitrogens with zero attached hydrogens (tertiary/aromatic N) is 1. The quantitative estimate of drug-likeness (QED) is 0.779. The Morgan fingerprint density at radius 3 is 2.45 bits per heavy atom. The second-order valence-electron chi connectivity index (χ2n) is 6.77. The van der Waals surface area contributed by atoms with Crippen molar-refractivity contribution in [1.29, 1.82) is 0 Å². The van der Waals surface area contributed by atoms with Crippen LogP contribution in [0, 0.1) is 11.3 Å². The number of nitrogens with one attached hydrogen (secondary N) is 1. The minimum absolute atomic E-state index is 0. The molecule has 0 unspecified atom stereocenters. The Labute approximate surface area is 141 Å². The van der Waals surface area contributed by atoms with Crippen molar-refractivity contribution in [3.8, 4) is 0 Å². The molecule has 1 aliphatic heterocycles. The number of likely N-dealkylation sites (tertiary alicyclic amines) is 1. The van der Waals surface area contributed by atoms with E-state index in [2.05, 4.69) is 17.1 Å². The number of hydrogen-bond donors (Lipinski definition) is 1. The topological polar surface area (TPSA) is 41.6 Å². The number of carbonyl (C=O) groups is 1. The zero-order valence-corrected chi connectivity index (χ0v) is 15.1. The normalized spacial score (nSPS) is 21.6. The summed E-state index contributed by atoms with van der Waals surface area (Å²) < 4.78 is 5.25. The Balaban J connectivity index is 0.00000242. The molecule has 130 valence electrons. The summed E-state index contributed by atoms with van der Waals surface area (Å²) in [6.07, 6.45) is 7.73. The fraction of sp³-hybridized carbons (Fsp3) is 0.941. The molecule has 22 heavy (non-hydrogen) atoms. The van der Waals surface area contributed by atoms with Crippen molar-refractivity contribution in [2.24, 2.45) is 11.3 Å². The van der Waals surface area contributed by atoms with Crippen LogP contribution in [-0.2, 0) is 9.53 Å². The van der Waals surface area contributed by atoms with Gasteiger partial charge in [-0.3, -0.25) is 4.79 Å². The number of hydrogen-bond acceptors (Lipinski definition) is 3. The van der Waals surface area contributed by atoms with Gasteiger partial charge in [0, 0.05) is 26.8 Å². The van der Waals surface area contributed by atoms with Gasteiger partial charge in [-0.25, -0.2) is 0 Å². The SMILES string of the molecule is CCNCC1CCN(C(=O)C2(CCOC)CCCC2)CC1.Cl. The van der Waals surface area contributed by atoms with Crippen LogP contribution in [0.3, 0.4) is 0 Å². The van der Waals surface area contributed by atoms with Crippen LogP contribution in [0.25, 0.3) is 0 Å². The molecular formula is C17H33ClN2O2. The van der Waals surface area contributed by atoms with Crippen molar-refractivity contribution in [2.45, 2.75) is 51.9 Å². The first kappa shape index (κ1) is 19.7. The molecule has 1 amide bonds. The zero-order chi connectivity index (χ0) is 15.1. The average Bonchev–Trinajstić information content (AvgIpc) is 3.01. The van der Waals surface area contributed by atoms with Crippen molar-refractivity contribution in [3.63, 3.8) is 0 Å². The summed E-state index contributed by atoms with van der Waals surface area (Å²) in [7, 11) is 1.74. The molecule has 0 aromatic rings. The lowest BCUT2D eigenvalue weighted by atomic mass is 9.80. The van der Waals surface area contributed by atoms with E-state index in [1.807, 2.05) is 0 Å². The highest BCUT2D eigenvalue weighted by Crippen LogP contribution is 2.43. The first-order valence-corrected chi connectivity index (χ1v) is 8.71. The molecule has 0 spiro atoms. The van der Waals surface area contributed by atoms with E-state index >= 15 is 0 Å². The lowest BCUT2D eigenvalue weighted by molar-refractivity contribution is -0.144. The molecule has 5 heteroatoms. The van der Waals surface area contributed by atoms with Crippen molar-refractivity contribution in [2.75, 3.05) is 39.9 Å². The molecular weight excluding hydrogens is 300 g/mol. The summed E-state index contributed by atoms with van der Waals surface area (Å²) in [5.41, 5.74) is -0.107. The highest BCUT2D eigenvalue weighted by Gasteiger charge is 2.43. The van der Waals surface area contributed by atoms with Gasteiger partial charge in [-0.05, 0) is 51.1 Å². The summed E-state index contributed by atoms with van der Waals surface area (Å²) in [4.78, 5) is 15.1. The number of rotatable bonds is 7. The third kappa shape index (κ3) is 4.84. The number of halogens is 1. The first-order valence-electron chi connectivity index (χ1n) is 8.71. The molecule has 2 aliphatic rings. The summed E-state index contributed by atoms with van der Waals surface area (Å²) in [5.74, 6) is 1.16. The molecule has 0 bridgehead atoms. The maximum absolute atomic E-state index is 13.0. The van der Waals surface area contributed by atoms with Crippen molar-refractivity contribution < 1.29 is 9.53 Å². The molecule has 0 aromatic heterocycles. The highest BCUT2D eigenvalue weighted by atomic mass is 35.5. The summed E-state index contributed by atoms with van der Waals surface area (Å²) >= 11 is 0. The molecule has 1 saturated carbocycles. The molecule has 2 fully saturated rings. The number of amides is 1. The van der Waals surface area contributed by atoms with E-state index in [0.29, 0.717) is 12.5 Å². The van der Waals surface area contributed by atoms with Gasteiger partial charge in [-0.15, -0.1) is 12.4 Å². The Morgan fingerprint density at radius 1 is 1.27 bits per heavy atom. The van der Waals surface area contributed by atoms with Gasteiger partial charge in [0.25, 0.3) is 0 Å². The Hall–Kier alpha value is -0.320. The first-order chi connectivity index (χ1) is 10.2. The highest BCUT2D eigenvalue weighted by molar-refractivity contribution is 5.85. The molecule has 0 atom stereocenters. The largest absolute Gasteiger partial charge is 0.385 e. The van der Waals surface area contributed by atoms with Gasteiger partial charge in [0.15, 0.2) is 0 Å². The summed E-state index contributed by atoms with van der Waals surface area (Å²) in [5, 5.41) is 3.43. The molecule has 4 nitrogen and oxygen atoms in total. The maximum atomic E-state index is 13.0. The van der Waals surface area contributed by atoms with E-state index in [-0.39, 0.29) is 17.8 Å². The molecule has 1 aliphatic carbocycles. The van der Waals surface area contributed by atoms with Gasteiger partial charge in [0.1, 0.15) is 0 Å². The molecule has 1 saturated heterocycles. The number of carbonyl (C=O) groups excluding carboxylic acids is 1. The van der Waals surface area contributed by atoms with Crippen LogP contribution in [0.15, 0.2) is 0 Å². The van der Waals surface area contributed by atoms with Gasteiger partial charge in [0.2, 0.25) is 5.91 Å². The fourth-order valence-electron chi connectivity index (χ4n) is 3.94. The second-order valence-corrected chi connectivity index (χ2v) is 6.77. The lowest BCUT2D eigenvalue weighted by Crippen LogP contribution is -2.47. The van der Waals surface area contributed by atoms with Crippen LogP contribution < -0.4 is 5.32 Å². The predicted octanol–water partition coefficient (Wildman–Crippen LogP) is 2.85. The van der Waals surface area contributed by atoms with E-state index in [4.69, 9.17) is 4.74 Å². The predicted molar refractivity (Wildman–Crippen MR) is 92.5 cm³/mol. The van der Waals surface area contributed by atoms with E-state index in [0.717, 1.165) is 64.2 Å². The van der Waals surface area contributed by atoms with Gasteiger partial charge in [-0.2, -0.15) is 0 Å². The third-order valence-corrected chi connectivity index (χ3v) is 5.38. The molecule has 2 rings (SSSR count). The Morgan fingerprint density at radius 2 is 1.91 bits per heavy atom. The maximum Gasteiger partial charge on any atom is 0.228 e. The number of methoxy groups -OCH3 is 1. The van der Waals surface area contributed by atoms with Gasteiger partial charge >= 0.3 is 0 Å². The minimum atomic E-state index is -0.107. The molecule has 0 radical (unpaired) electrons. The molecule has 1 heterocycles. The van der Waals surface area contributed by atoms with Crippen molar-refractivity contribution in [3.05, 3.63) is 0 Å². The average molecular weight is 333 g/mol. The van der Waals surface area contributed by atoms with Crippen LogP contribution in [0.5, 0.6) is 0 Å². The standard InChI is InChI=1S/C17H32N2O2.ClH/c1-3-18-14-15-6-11-19(12-7-15)16(20)17(10-13-21-2)8-4-5-9-17;/h15,18H,3-14H2,1-2H3;1H. The van der Waals surface area contributed by atoms with E-state index in [1.54, 1.807) is 7.11 Å². The van der Waals surface area contributed by atoms with Gasteiger partial charge < -0.3 is 15.0 Å². The summed E-state index contributed by atoms with van der Waals surface area (Å²) in [6.45, 7) is 6.90. The molecule has 0 aromatic carbocycles. The monoisotopic (exact) mass is 332 g/mol. The summed E-state index contributed by atoms with van der Waals surface area (Å²) in [6, 6.07) is 0. The Kier molecular flexibility index (Phi) is 8.73. The zero-order valence-electron chi connectivity index (χ0n) is 14.2. The minimum Gasteiger partial charge on any atom is -0.385 e. The van der Waals surface area contributed by atoms with Crippen LogP contribution in [0.1, 0.15) is 51.9 Å². The van der Waals surface area contributed by atoms with E-state index in [1.165, 1.54) is 12.8 Å².